The number of allylic oxidation sites excluding steroid dienone is 1. The van der Waals surface area contributed by atoms with Gasteiger partial charge >= 0.3 is 85.2 Å². The Bertz CT molecular complexity index is 322. The SMILES string of the molecule is COC1=[C](F)[In][CH]=C1/C=C/[N+](=O)[O-]. The van der Waals surface area contributed by atoms with Crippen LogP contribution < -0.4 is 0 Å². The standard InChI is InChI=1S/C7H6FNO3.In/c1-6(3-4-9(10)11)7(5-8)12-2;/h1,3-4H,2H3;/b4-3+,6-1?,7-5?;. The van der Waals surface area contributed by atoms with Crippen LogP contribution in [0.1, 0.15) is 0 Å². The Hall–Kier alpha value is -0.780. The predicted molar refractivity (Wildman–Crippen MR) is 45.1 cm³/mol. The fraction of sp³-hybridized carbons (Fsp3) is 0.143. The molecule has 4 nitrogen and oxygen atoms in total. The van der Waals surface area contributed by atoms with Crippen LogP contribution in [0.3, 0.4) is 0 Å². The van der Waals surface area contributed by atoms with E-state index in [0.717, 1.165) is 6.20 Å². The van der Waals surface area contributed by atoms with Crippen LogP contribution in [0.2, 0.25) is 0 Å². The van der Waals surface area contributed by atoms with E-state index in [-0.39, 0.29) is 9.34 Å². The zero-order valence-electron chi connectivity index (χ0n) is 6.86. The van der Waals surface area contributed by atoms with Crippen LogP contribution >= 0.6 is 0 Å². The van der Waals surface area contributed by atoms with Gasteiger partial charge in [-0.05, 0) is 0 Å². The van der Waals surface area contributed by atoms with Crippen molar-refractivity contribution >= 4 is 22.9 Å². The third kappa shape index (κ3) is 2.58. The van der Waals surface area contributed by atoms with Gasteiger partial charge < -0.3 is 0 Å². The molecule has 0 unspecified atom stereocenters. The second kappa shape index (κ2) is 4.45. The average Bonchev–Trinajstić information content (AvgIpc) is 2.42. The average molecular weight is 286 g/mol. The molecule has 0 amide bonds. The Labute approximate surface area is 85.3 Å². The molecule has 0 saturated carbocycles. The minimum atomic E-state index is -1.46. The molecular weight excluding hydrogens is 280 g/mol. The number of ether oxygens (including phenoxy) is 1. The van der Waals surface area contributed by atoms with Crippen molar-refractivity contribution in [3.8, 4) is 0 Å². The normalized spacial score (nSPS) is 16.0. The summed E-state index contributed by atoms with van der Waals surface area (Å²) in [5.74, 6) is 0.166. The molecule has 13 heavy (non-hydrogen) atoms. The summed E-state index contributed by atoms with van der Waals surface area (Å²) in [7, 11) is 1.36. The van der Waals surface area contributed by atoms with Gasteiger partial charge in [-0.2, -0.15) is 0 Å². The van der Waals surface area contributed by atoms with Crippen molar-refractivity contribution in [2.24, 2.45) is 0 Å². The summed E-state index contributed by atoms with van der Waals surface area (Å²) in [5.41, 5.74) is 0.498. The number of methoxy groups -OCH3 is 1. The van der Waals surface area contributed by atoms with Crippen LogP contribution in [0.5, 0.6) is 0 Å². The fourth-order valence-electron chi connectivity index (χ4n) is 0.940. The van der Waals surface area contributed by atoms with E-state index in [1.165, 1.54) is 13.2 Å². The zero-order valence-corrected chi connectivity index (χ0v) is 10.2. The molecular formula is C7H6FInNO3. The van der Waals surface area contributed by atoms with Crippen LogP contribution in [0, 0.1) is 10.1 Å². The molecule has 1 aliphatic heterocycles. The molecule has 0 aliphatic carbocycles. The summed E-state index contributed by atoms with van der Waals surface area (Å²) in [6.45, 7) is 0. The van der Waals surface area contributed by atoms with Gasteiger partial charge in [-0.1, -0.05) is 0 Å². The van der Waals surface area contributed by atoms with E-state index in [0.29, 0.717) is 5.57 Å². The molecule has 0 atom stereocenters. The molecule has 0 fully saturated rings. The molecule has 0 bridgehead atoms. The summed E-state index contributed by atoms with van der Waals surface area (Å²) >= 11 is -1.46. The van der Waals surface area contributed by atoms with Crippen molar-refractivity contribution in [2.45, 2.75) is 0 Å². The molecule has 0 aromatic heterocycles. The van der Waals surface area contributed by atoms with Crippen LogP contribution in [-0.4, -0.2) is 34.9 Å². The van der Waals surface area contributed by atoms with Crippen LogP contribution in [-0.2, 0) is 4.74 Å². The Morgan fingerprint density at radius 3 is 3.00 bits per heavy atom. The van der Waals surface area contributed by atoms with Crippen molar-refractivity contribution in [3.05, 3.63) is 41.1 Å². The van der Waals surface area contributed by atoms with E-state index < -0.39 is 27.8 Å². The molecule has 0 spiro atoms. The molecule has 1 radical (unpaired) electrons. The number of hydrogen-bond acceptors (Lipinski definition) is 3. The van der Waals surface area contributed by atoms with E-state index in [9.17, 15) is 14.5 Å². The Balaban J connectivity index is 2.78. The number of hydrogen-bond donors (Lipinski definition) is 0. The number of nitro groups is 1. The summed E-state index contributed by atoms with van der Waals surface area (Å²) in [6.07, 6.45) is 2.05. The van der Waals surface area contributed by atoms with Crippen molar-refractivity contribution in [3.63, 3.8) is 0 Å². The van der Waals surface area contributed by atoms with Gasteiger partial charge in [0.25, 0.3) is 0 Å². The van der Waals surface area contributed by atoms with Crippen molar-refractivity contribution in [1.82, 2.24) is 0 Å². The molecule has 0 N–H and O–H groups in total. The van der Waals surface area contributed by atoms with Crippen molar-refractivity contribution in [1.29, 1.82) is 0 Å². The second-order valence-corrected chi connectivity index (χ2v) is 5.62. The maximum absolute atomic E-state index is 12.9. The van der Waals surface area contributed by atoms with E-state index in [1.54, 1.807) is 3.83 Å². The Morgan fingerprint density at radius 1 is 1.77 bits per heavy atom. The molecule has 1 aliphatic rings. The predicted octanol–water partition coefficient (Wildman–Crippen LogP) is 1.16. The zero-order chi connectivity index (χ0) is 9.84. The first-order chi connectivity index (χ1) is 6.15. The number of nitrogens with zero attached hydrogens (tertiary/aromatic N) is 1. The first kappa shape index (κ1) is 10.3. The molecule has 67 valence electrons. The van der Waals surface area contributed by atoms with Crippen LogP contribution in [0.25, 0.3) is 0 Å². The Kier molecular flexibility index (Phi) is 3.53. The van der Waals surface area contributed by atoms with E-state index >= 15 is 0 Å². The monoisotopic (exact) mass is 286 g/mol. The summed E-state index contributed by atoms with van der Waals surface area (Å²) < 4.78 is 19.2. The van der Waals surface area contributed by atoms with Gasteiger partial charge in [-0.15, -0.1) is 0 Å². The van der Waals surface area contributed by atoms with E-state index in [2.05, 4.69) is 0 Å². The summed E-state index contributed by atoms with van der Waals surface area (Å²) in [6, 6.07) is 0. The third-order valence-corrected chi connectivity index (χ3v) is 4.55. The van der Waals surface area contributed by atoms with Gasteiger partial charge in [-0.25, -0.2) is 0 Å². The third-order valence-electron chi connectivity index (χ3n) is 1.47. The molecule has 6 heteroatoms. The quantitative estimate of drug-likeness (QED) is 0.578. The van der Waals surface area contributed by atoms with Crippen LogP contribution in [0.4, 0.5) is 4.39 Å². The molecule has 1 rings (SSSR count). The van der Waals surface area contributed by atoms with E-state index in [4.69, 9.17) is 4.74 Å². The van der Waals surface area contributed by atoms with E-state index in [1.807, 2.05) is 0 Å². The van der Waals surface area contributed by atoms with Gasteiger partial charge in [0.1, 0.15) is 0 Å². The number of halogens is 1. The van der Waals surface area contributed by atoms with Gasteiger partial charge in [0.15, 0.2) is 0 Å². The molecule has 0 saturated heterocycles. The summed E-state index contributed by atoms with van der Waals surface area (Å²) in [4.78, 5) is 9.40. The molecule has 1 heterocycles. The topological polar surface area (TPSA) is 52.4 Å². The first-order valence-corrected chi connectivity index (χ1v) is 7.01. The number of rotatable bonds is 3. The molecule has 0 aromatic carbocycles. The van der Waals surface area contributed by atoms with Gasteiger partial charge in [-0.3, -0.25) is 0 Å². The van der Waals surface area contributed by atoms with Crippen molar-refractivity contribution < 1.29 is 14.1 Å². The van der Waals surface area contributed by atoms with Crippen molar-refractivity contribution in [2.75, 3.05) is 7.11 Å². The maximum atomic E-state index is 12.9. The minimum absolute atomic E-state index is 0.166. The summed E-state index contributed by atoms with van der Waals surface area (Å²) in [5, 5.41) is 9.99. The van der Waals surface area contributed by atoms with Gasteiger partial charge in [0.05, 0.1) is 0 Å². The first-order valence-electron chi connectivity index (χ1n) is 3.46. The Morgan fingerprint density at radius 2 is 2.46 bits per heavy atom. The fourth-order valence-corrected chi connectivity index (χ4v) is 3.86. The second-order valence-electron chi connectivity index (χ2n) is 2.27. The van der Waals surface area contributed by atoms with Crippen LogP contribution in [0.15, 0.2) is 31.0 Å². The van der Waals surface area contributed by atoms with Gasteiger partial charge in [0, 0.05) is 0 Å². The molecule has 0 aromatic rings. The van der Waals surface area contributed by atoms with Gasteiger partial charge in [0.2, 0.25) is 0 Å².